The molecule has 6 heterocycles. The Morgan fingerprint density at radius 3 is 2.55 bits per heavy atom. The molecule has 0 aliphatic carbocycles. The first-order valence-corrected chi connectivity index (χ1v) is 20.7. The summed E-state index contributed by atoms with van der Waals surface area (Å²) in [5.41, 5.74) is 4.69. The van der Waals surface area contributed by atoms with Crippen LogP contribution in [-0.4, -0.2) is 98.3 Å². The standard InChI is InChI=1S/C34H43ClN6O7Si/c1-34(2,3)48-33(43)39-14-21-15-41(38-24(21)16-39)22-9-7-20(8-10-22)28-23(35)13-25-31(36-28)37-32(40(25)19-44-11-12-49(4,5)6)47-27-18-46-29-26(42)17-45-30(27)29/h7-10,13,15,26-27,29-30,42H,11-12,14,16-19H2,1-6H3/t26-,27-,29-,30-/m1/s1. The molecule has 1 N–H and O–H groups in total. The number of amides is 1. The minimum atomic E-state index is -1.29. The van der Waals surface area contributed by atoms with Crippen LogP contribution in [0, 0.1) is 0 Å². The molecule has 13 nitrogen and oxygen atoms in total. The van der Waals surface area contributed by atoms with Gasteiger partial charge in [0.15, 0.2) is 11.8 Å². The average molecular weight is 711 g/mol. The van der Waals surface area contributed by atoms with Gasteiger partial charge in [-0.25, -0.2) is 14.5 Å². The van der Waals surface area contributed by atoms with Gasteiger partial charge < -0.3 is 28.8 Å². The molecule has 0 unspecified atom stereocenters. The number of hydrogen-bond acceptors (Lipinski definition) is 10. The second-order valence-corrected chi connectivity index (χ2v) is 21.1. The molecular weight excluding hydrogens is 668 g/mol. The maximum absolute atomic E-state index is 12.5. The lowest BCUT2D eigenvalue weighted by Crippen LogP contribution is -2.35. The Balaban J connectivity index is 1.11. The summed E-state index contributed by atoms with van der Waals surface area (Å²) in [4.78, 5) is 23.8. The number of hydrogen-bond donors (Lipinski definition) is 1. The van der Waals surface area contributed by atoms with Crippen molar-refractivity contribution in [2.75, 3.05) is 19.8 Å². The van der Waals surface area contributed by atoms with Gasteiger partial charge >= 0.3 is 12.1 Å². The first-order valence-electron chi connectivity index (χ1n) is 16.6. The predicted octanol–water partition coefficient (Wildman–Crippen LogP) is 5.41. The molecule has 15 heteroatoms. The lowest BCUT2D eigenvalue weighted by atomic mass is 10.1. The Hall–Kier alpha value is -3.53. The maximum atomic E-state index is 12.5. The summed E-state index contributed by atoms with van der Waals surface area (Å²) >= 11 is 6.88. The topological polar surface area (TPSA) is 135 Å². The van der Waals surface area contributed by atoms with Crippen molar-refractivity contribution in [3.8, 4) is 23.0 Å². The summed E-state index contributed by atoms with van der Waals surface area (Å²) in [7, 11) is -1.29. The normalized spacial score (nSPS) is 22.2. The molecule has 3 aliphatic heterocycles. The van der Waals surface area contributed by atoms with Gasteiger partial charge in [-0.2, -0.15) is 10.1 Å². The van der Waals surface area contributed by atoms with E-state index < -0.39 is 32.0 Å². The Morgan fingerprint density at radius 2 is 1.84 bits per heavy atom. The van der Waals surface area contributed by atoms with Gasteiger partial charge in [0, 0.05) is 32.0 Å². The van der Waals surface area contributed by atoms with Crippen LogP contribution in [-0.2, 0) is 38.8 Å². The zero-order valence-electron chi connectivity index (χ0n) is 28.7. The van der Waals surface area contributed by atoms with E-state index in [-0.39, 0.29) is 32.1 Å². The van der Waals surface area contributed by atoms with Crippen molar-refractivity contribution in [2.24, 2.45) is 0 Å². The van der Waals surface area contributed by atoms with Crippen molar-refractivity contribution in [1.82, 2.24) is 29.2 Å². The largest absolute Gasteiger partial charge is 0.456 e. The van der Waals surface area contributed by atoms with E-state index in [0.29, 0.717) is 47.6 Å². The van der Waals surface area contributed by atoms with Crippen molar-refractivity contribution in [3.63, 3.8) is 0 Å². The van der Waals surface area contributed by atoms with Crippen LogP contribution >= 0.6 is 11.6 Å². The summed E-state index contributed by atoms with van der Waals surface area (Å²) in [6.07, 6.45) is -0.327. The van der Waals surface area contributed by atoms with E-state index in [4.69, 9.17) is 50.4 Å². The van der Waals surface area contributed by atoms with Gasteiger partial charge in [0.1, 0.15) is 30.6 Å². The Labute approximate surface area is 291 Å². The number of imidazole rings is 1. The highest BCUT2D eigenvalue weighted by Crippen LogP contribution is 2.35. The van der Waals surface area contributed by atoms with Gasteiger partial charge in [0.05, 0.1) is 53.9 Å². The highest BCUT2D eigenvalue weighted by Gasteiger charge is 2.49. The number of rotatable bonds is 9. The first-order chi connectivity index (χ1) is 23.2. The van der Waals surface area contributed by atoms with Gasteiger partial charge in [-0.1, -0.05) is 43.4 Å². The summed E-state index contributed by atoms with van der Waals surface area (Å²) in [6, 6.07) is 11.0. The molecule has 0 spiro atoms. The van der Waals surface area contributed by atoms with Crippen LogP contribution in [0.25, 0.3) is 28.1 Å². The number of carbonyl (C=O) groups excluding carboxylic acids is 1. The van der Waals surface area contributed by atoms with E-state index in [1.54, 1.807) is 4.90 Å². The molecule has 4 atom stereocenters. The van der Waals surface area contributed by atoms with Crippen LogP contribution in [0.2, 0.25) is 30.7 Å². The molecule has 262 valence electrons. The van der Waals surface area contributed by atoms with Crippen molar-refractivity contribution < 1.29 is 33.6 Å². The fourth-order valence-corrected chi connectivity index (χ4v) is 7.16. The molecule has 0 radical (unpaired) electrons. The fourth-order valence-electron chi connectivity index (χ4n) is 6.15. The monoisotopic (exact) mass is 710 g/mol. The molecule has 1 aromatic carbocycles. The summed E-state index contributed by atoms with van der Waals surface area (Å²) < 4.78 is 33.2. The van der Waals surface area contributed by atoms with E-state index in [9.17, 15) is 9.90 Å². The number of aliphatic hydroxyl groups excluding tert-OH is 1. The van der Waals surface area contributed by atoms with E-state index in [0.717, 1.165) is 28.6 Å². The highest BCUT2D eigenvalue weighted by molar-refractivity contribution is 6.76. The predicted molar refractivity (Wildman–Crippen MR) is 185 cm³/mol. The quantitative estimate of drug-likeness (QED) is 0.178. The minimum Gasteiger partial charge on any atom is -0.456 e. The molecule has 3 aliphatic rings. The minimum absolute atomic E-state index is 0.208. The molecule has 7 rings (SSSR count). The van der Waals surface area contributed by atoms with Crippen molar-refractivity contribution in [3.05, 3.63) is 52.8 Å². The number of nitrogens with zero attached hydrogens (tertiary/aromatic N) is 6. The second kappa shape index (κ2) is 13.0. The third-order valence-corrected chi connectivity index (χ3v) is 10.7. The number of aliphatic hydroxyl groups is 1. The lowest BCUT2D eigenvalue weighted by molar-refractivity contribution is 0.00339. The van der Waals surface area contributed by atoms with Gasteiger partial charge in [0.2, 0.25) is 0 Å². The van der Waals surface area contributed by atoms with Crippen LogP contribution in [0.15, 0.2) is 36.5 Å². The van der Waals surface area contributed by atoms with E-state index in [1.165, 1.54) is 0 Å². The molecule has 49 heavy (non-hydrogen) atoms. The Kier molecular flexibility index (Phi) is 8.99. The zero-order valence-corrected chi connectivity index (χ0v) is 30.4. The fraction of sp³-hybridized carbons (Fsp3) is 0.529. The highest BCUT2D eigenvalue weighted by atomic mass is 35.5. The third kappa shape index (κ3) is 7.21. The van der Waals surface area contributed by atoms with Gasteiger partial charge in [0.25, 0.3) is 0 Å². The Bertz CT molecular complexity index is 1830. The summed E-state index contributed by atoms with van der Waals surface area (Å²) in [5.74, 6) is 0. The van der Waals surface area contributed by atoms with Crippen molar-refractivity contribution >= 4 is 36.9 Å². The Morgan fingerprint density at radius 1 is 1.08 bits per heavy atom. The van der Waals surface area contributed by atoms with Gasteiger partial charge in [-0.3, -0.25) is 9.47 Å². The SMILES string of the molecule is CC(C)(C)OC(=O)N1Cc2cn(-c3ccc(-c4nc5nc(O[C@@H]6CO[C@H]7[C@@H]6OC[C@H]7O)n(COCC[Si](C)(C)C)c5cc4Cl)cc3)nc2C1. The number of fused-ring (bicyclic) bond motifs is 3. The molecule has 0 bridgehead atoms. The van der Waals surface area contributed by atoms with Gasteiger partial charge in [-0.05, 0) is 45.0 Å². The summed E-state index contributed by atoms with van der Waals surface area (Å²) in [5, 5.41) is 15.4. The van der Waals surface area contributed by atoms with Crippen LogP contribution < -0.4 is 4.74 Å². The van der Waals surface area contributed by atoms with Crippen molar-refractivity contribution in [2.45, 2.75) is 96.3 Å². The van der Waals surface area contributed by atoms with Crippen LogP contribution in [0.1, 0.15) is 32.0 Å². The number of halogens is 1. The maximum Gasteiger partial charge on any atom is 0.410 e. The lowest BCUT2D eigenvalue weighted by Gasteiger charge is -2.24. The zero-order chi connectivity index (χ0) is 34.7. The molecular formula is C34H43ClN6O7Si. The van der Waals surface area contributed by atoms with Gasteiger partial charge in [-0.15, -0.1) is 0 Å². The van der Waals surface area contributed by atoms with E-state index >= 15 is 0 Å². The molecule has 0 saturated carbocycles. The number of ether oxygens (including phenoxy) is 5. The number of benzene rings is 1. The molecule has 4 aromatic rings. The molecule has 2 saturated heterocycles. The van der Waals surface area contributed by atoms with E-state index in [1.807, 2.05) is 66.5 Å². The van der Waals surface area contributed by atoms with Crippen molar-refractivity contribution in [1.29, 1.82) is 0 Å². The smallest absolute Gasteiger partial charge is 0.410 e. The number of carbonyl (C=O) groups is 1. The van der Waals surface area contributed by atoms with Crippen LogP contribution in [0.3, 0.4) is 0 Å². The second-order valence-electron chi connectivity index (χ2n) is 15.1. The molecule has 1 amide bonds. The summed E-state index contributed by atoms with van der Waals surface area (Å²) in [6.45, 7) is 14.7. The van der Waals surface area contributed by atoms with E-state index in [2.05, 4.69) is 19.6 Å². The first kappa shape index (κ1) is 33.9. The average Bonchev–Trinajstić information content (AvgIpc) is 3.83. The van der Waals surface area contributed by atoms with Crippen LogP contribution in [0.4, 0.5) is 4.79 Å². The number of aromatic nitrogens is 5. The molecule has 3 aromatic heterocycles. The number of pyridine rings is 1. The third-order valence-electron chi connectivity index (χ3n) is 8.75. The molecule has 2 fully saturated rings. The van der Waals surface area contributed by atoms with Crippen LogP contribution in [0.5, 0.6) is 6.01 Å².